The van der Waals surface area contributed by atoms with Crippen LogP contribution in [0.3, 0.4) is 0 Å². The molecule has 1 spiro atoms. The van der Waals surface area contributed by atoms with E-state index < -0.39 is 0 Å². The van der Waals surface area contributed by atoms with Crippen LogP contribution >= 0.6 is 0 Å². The summed E-state index contributed by atoms with van der Waals surface area (Å²) in [6.07, 6.45) is 0. The molecule has 0 fully saturated rings. The lowest BCUT2D eigenvalue weighted by Crippen LogP contribution is -2.43. The number of rotatable bonds is 5. The van der Waals surface area contributed by atoms with Gasteiger partial charge in [0.1, 0.15) is 0 Å². The van der Waals surface area contributed by atoms with Gasteiger partial charge in [-0.1, -0.05) is 140 Å². The lowest BCUT2D eigenvalue weighted by molar-refractivity contribution is 0.701. The van der Waals surface area contributed by atoms with Crippen LogP contribution in [0.5, 0.6) is 0 Å². The molecule has 53 heavy (non-hydrogen) atoms. The molecule has 0 amide bonds. The standard InChI is InChI=1S/C51H32N2/c1-3-12-33(13-4-1)34-24-26-37(27-25-34)52(38-28-30-48-41(32-38)39-18-7-8-23-46(39)53(48)36-16-5-2-6-17-36)47-31-29-45-50-40(47)19-11-22-44(50)51(45)42-20-9-14-35-15-10-21-43(51)49(35)42/h1-32H. The zero-order valence-corrected chi connectivity index (χ0v) is 28.9. The summed E-state index contributed by atoms with van der Waals surface area (Å²) in [5, 5.41) is 7.89. The molecule has 0 bridgehead atoms. The van der Waals surface area contributed by atoms with Gasteiger partial charge in [-0.2, -0.15) is 0 Å². The summed E-state index contributed by atoms with van der Waals surface area (Å²) >= 11 is 0. The molecule has 2 aliphatic carbocycles. The van der Waals surface area contributed by atoms with Gasteiger partial charge in [0.15, 0.2) is 0 Å². The number of nitrogens with zero attached hydrogens (tertiary/aromatic N) is 2. The highest BCUT2D eigenvalue weighted by Gasteiger charge is 2.54. The molecule has 1 heterocycles. The van der Waals surface area contributed by atoms with Crippen LogP contribution in [-0.2, 0) is 5.41 Å². The molecule has 0 saturated heterocycles. The van der Waals surface area contributed by atoms with Gasteiger partial charge < -0.3 is 9.47 Å². The van der Waals surface area contributed by atoms with Crippen molar-refractivity contribution in [3.05, 3.63) is 216 Å². The molecule has 0 aliphatic heterocycles. The van der Waals surface area contributed by atoms with Crippen molar-refractivity contribution in [1.82, 2.24) is 4.57 Å². The van der Waals surface area contributed by atoms with Gasteiger partial charge in [-0.05, 0) is 104 Å². The van der Waals surface area contributed by atoms with Gasteiger partial charge in [-0.25, -0.2) is 0 Å². The quantitative estimate of drug-likeness (QED) is 0.177. The first-order valence-corrected chi connectivity index (χ1v) is 18.4. The molecule has 0 radical (unpaired) electrons. The van der Waals surface area contributed by atoms with E-state index in [1.807, 2.05) is 0 Å². The number of hydrogen-bond donors (Lipinski definition) is 0. The van der Waals surface area contributed by atoms with Gasteiger partial charge in [0.25, 0.3) is 0 Å². The van der Waals surface area contributed by atoms with Crippen LogP contribution in [0, 0.1) is 0 Å². The summed E-state index contributed by atoms with van der Waals surface area (Å²) in [4.78, 5) is 2.46. The largest absolute Gasteiger partial charge is 0.310 e. The highest BCUT2D eigenvalue weighted by atomic mass is 15.1. The molecule has 2 aliphatic rings. The SMILES string of the molecule is c1ccc(-c2ccc(N(c3ccc4c(c3)c3ccccc3n4-c3ccccc3)c3ccc4c5c(cccc35)C43c4cccc5cccc3c45)cc2)cc1. The maximum absolute atomic E-state index is 2.46. The minimum Gasteiger partial charge on any atom is -0.310 e. The average Bonchev–Trinajstić information content (AvgIpc) is 3.55. The molecule has 12 rings (SSSR count). The molecule has 246 valence electrons. The highest BCUT2D eigenvalue weighted by Crippen LogP contribution is 2.65. The monoisotopic (exact) mass is 672 g/mol. The molecule has 0 N–H and O–H groups in total. The minimum atomic E-state index is -0.149. The summed E-state index contributed by atoms with van der Waals surface area (Å²) in [6, 6.07) is 71.5. The summed E-state index contributed by atoms with van der Waals surface area (Å²) < 4.78 is 2.39. The highest BCUT2D eigenvalue weighted by molar-refractivity contribution is 6.15. The minimum absolute atomic E-state index is 0.149. The number of para-hydroxylation sites is 2. The van der Waals surface area contributed by atoms with Gasteiger partial charge in [-0.15, -0.1) is 0 Å². The maximum atomic E-state index is 2.46. The zero-order valence-electron chi connectivity index (χ0n) is 28.9. The van der Waals surface area contributed by atoms with E-state index in [0.717, 1.165) is 11.4 Å². The van der Waals surface area contributed by atoms with Crippen LogP contribution in [0.2, 0.25) is 0 Å². The zero-order chi connectivity index (χ0) is 34.7. The Hall–Kier alpha value is -6.90. The first kappa shape index (κ1) is 28.8. The first-order chi connectivity index (χ1) is 26.3. The summed E-state index contributed by atoms with van der Waals surface area (Å²) in [7, 11) is 0. The van der Waals surface area contributed by atoms with Crippen molar-refractivity contribution in [3.8, 4) is 16.8 Å². The van der Waals surface area contributed by atoms with Crippen molar-refractivity contribution < 1.29 is 0 Å². The topological polar surface area (TPSA) is 8.17 Å². The number of benzene rings is 9. The summed E-state index contributed by atoms with van der Waals surface area (Å²) in [5.74, 6) is 0. The van der Waals surface area contributed by atoms with E-state index in [0.29, 0.717) is 0 Å². The Morgan fingerprint density at radius 2 is 0.962 bits per heavy atom. The van der Waals surface area contributed by atoms with Crippen LogP contribution in [0.4, 0.5) is 17.1 Å². The number of anilines is 3. The molecule has 0 atom stereocenters. The van der Waals surface area contributed by atoms with Crippen LogP contribution in [0.15, 0.2) is 194 Å². The fourth-order valence-corrected chi connectivity index (χ4v) is 9.74. The van der Waals surface area contributed by atoms with E-state index in [1.54, 1.807) is 0 Å². The molecular weight excluding hydrogens is 641 g/mol. The average molecular weight is 673 g/mol. The van der Waals surface area contributed by atoms with E-state index in [-0.39, 0.29) is 5.41 Å². The van der Waals surface area contributed by atoms with Gasteiger partial charge in [0.2, 0.25) is 0 Å². The molecule has 10 aromatic rings. The van der Waals surface area contributed by atoms with Crippen LogP contribution in [-0.4, -0.2) is 4.57 Å². The fraction of sp³-hybridized carbons (Fsp3) is 0.0196. The van der Waals surface area contributed by atoms with Crippen LogP contribution in [0.1, 0.15) is 22.3 Å². The molecule has 0 saturated carbocycles. The van der Waals surface area contributed by atoms with Crippen molar-refractivity contribution in [2.45, 2.75) is 5.41 Å². The van der Waals surface area contributed by atoms with Gasteiger partial charge >= 0.3 is 0 Å². The van der Waals surface area contributed by atoms with Crippen molar-refractivity contribution in [2.24, 2.45) is 0 Å². The third kappa shape index (κ3) is 3.72. The first-order valence-electron chi connectivity index (χ1n) is 18.4. The maximum Gasteiger partial charge on any atom is 0.0726 e. The third-order valence-electron chi connectivity index (χ3n) is 11.9. The number of aromatic nitrogens is 1. The van der Waals surface area contributed by atoms with Gasteiger partial charge in [0, 0.05) is 33.2 Å². The molecule has 1 aromatic heterocycles. The number of fused-ring (bicyclic) bond motifs is 7. The second kappa shape index (κ2) is 10.6. The predicted molar refractivity (Wildman–Crippen MR) is 221 cm³/mol. The summed E-state index contributed by atoms with van der Waals surface area (Å²) in [5.41, 5.74) is 15.0. The Bertz CT molecular complexity index is 3050. The van der Waals surface area contributed by atoms with E-state index >= 15 is 0 Å². The smallest absolute Gasteiger partial charge is 0.0726 e. The fourth-order valence-electron chi connectivity index (χ4n) is 9.74. The molecule has 2 nitrogen and oxygen atoms in total. The molecule has 2 heteroatoms. The Morgan fingerprint density at radius 3 is 1.74 bits per heavy atom. The Morgan fingerprint density at radius 1 is 0.377 bits per heavy atom. The second-order valence-electron chi connectivity index (χ2n) is 14.5. The van der Waals surface area contributed by atoms with Gasteiger partial charge in [-0.3, -0.25) is 0 Å². The van der Waals surface area contributed by atoms with E-state index in [9.17, 15) is 0 Å². The summed E-state index contributed by atoms with van der Waals surface area (Å²) in [6.45, 7) is 0. The van der Waals surface area contributed by atoms with Crippen molar-refractivity contribution >= 4 is 60.4 Å². The van der Waals surface area contributed by atoms with Crippen molar-refractivity contribution in [3.63, 3.8) is 0 Å². The molecule has 0 unspecified atom stereocenters. The molecular formula is C51H32N2. The normalized spacial score (nSPS) is 13.4. The predicted octanol–water partition coefficient (Wildman–Crippen LogP) is 13.2. The Balaban J connectivity index is 1.08. The van der Waals surface area contributed by atoms with E-state index in [2.05, 4.69) is 204 Å². The van der Waals surface area contributed by atoms with Gasteiger partial charge in [0.05, 0.1) is 22.1 Å². The van der Waals surface area contributed by atoms with Crippen LogP contribution in [0.25, 0.3) is 60.2 Å². The lowest BCUT2D eigenvalue weighted by atomic mass is 9.49. The van der Waals surface area contributed by atoms with E-state index in [1.165, 1.54) is 88.1 Å². The Labute approximate surface area is 307 Å². The number of hydrogen-bond acceptors (Lipinski definition) is 1. The lowest BCUT2D eigenvalue weighted by Gasteiger charge is -2.52. The van der Waals surface area contributed by atoms with E-state index in [4.69, 9.17) is 0 Å². The Kier molecular flexibility index (Phi) is 5.73. The molecule has 9 aromatic carbocycles. The van der Waals surface area contributed by atoms with Crippen molar-refractivity contribution in [1.29, 1.82) is 0 Å². The second-order valence-corrected chi connectivity index (χ2v) is 14.5. The van der Waals surface area contributed by atoms with Crippen molar-refractivity contribution in [2.75, 3.05) is 4.90 Å². The van der Waals surface area contributed by atoms with Crippen LogP contribution < -0.4 is 4.90 Å². The third-order valence-corrected chi connectivity index (χ3v) is 11.9.